The van der Waals surface area contributed by atoms with Gasteiger partial charge in [0.05, 0.1) is 6.83 Å². The normalized spacial score (nSPS) is 11.2. The molecule has 0 aliphatic rings. The molecule has 0 bridgehead atoms. The summed E-state index contributed by atoms with van der Waals surface area (Å²) >= 11 is 4.41. The van der Waals surface area contributed by atoms with Gasteiger partial charge in [-0.05, 0) is 18.6 Å². The third-order valence-corrected chi connectivity index (χ3v) is 3.76. The SMILES string of the molecule is Cc1ccc([SH](=O)=O)c(C(I)I)c1. The van der Waals surface area contributed by atoms with E-state index in [-0.39, 0.29) is 1.93 Å². The van der Waals surface area contributed by atoms with E-state index in [1.54, 1.807) is 6.07 Å². The first-order chi connectivity index (χ1) is 6.02. The lowest BCUT2D eigenvalue weighted by Crippen LogP contribution is -1.91. The second kappa shape index (κ2) is 4.92. The second-order valence-corrected chi connectivity index (χ2v) is 8.49. The molecule has 1 aromatic rings. The summed E-state index contributed by atoms with van der Waals surface area (Å²) in [5, 5.41) is 0. The third-order valence-electron chi connectivity index (χ3n) is 1.61. The number of alkyl halides is 2. The van der Waals surface area contributed by atoms with Gasteiger partial charge < -0.3 is 0 Å². The van der Waals surface area contributed by atoms with Crippen LogP contribution in [0.1, 0.15) is 13.1 Å². The van der Waals surface area contributed by atoms with Crippen molar-refractivity contribution in [2.45, 2.75) is 13.8 Å². The Hall–Kier alpha value is 0.630. The molecule has 0 atom stereocenters. The second-order valence-electron chi connectivity index (χ2n) is 2.62. The lowest BCUT2D eigenvalue weighted by molar-refractivity contribution is 0.614. The number of thiol groups is 1. The first-order valence-electron chi connectivity index (χ1n) is 3.55. The Morgan fingerprint density at radius 1 is 1.31 bits per heavy atom. The topological polar surface area (TPSA) is 34.1 Å². The Labute approximate surface area is 106 Å². The van der Waals surface area contributed by atoms with E-state index in [9.17, 15) is 8.42 Å². The van der Waals surface area contributed by atoms with Crippen molar-refractivity contribution in [3.05, 3.63) is 29.3 Å². The van der Waals surface area contributed by atoms with E-state index < -0.39 is 10.7 Å². The summed E-state index contributed by atoms with van der Waals surface area (Å²) in [6, 6.07) is 5.41. The molecule has 0 fully saturated rings. The zero-order chi connectivity index (χ0) is 10.0. The van der Waals surface area contributed by atoms with E-state index >= 15 is 0 Å². The Bertz CT molecular complexity index is 378. The summed E-state index contributed by atoms with van der Waals surface area (Å²) in [4.78, 5) is 0.439. The predicted octanol–water partition coefficient (Wildman–Crippen LogP) is 2.83. The molecule has 0 aromatic heterocycles. The highest BCUT2D eigenvalue weighted by Crippen LogP contribution is 2.33. The zero-order valence-corrected chi connectivity index (χ0v) is 12.0. The monoisotopic (exact) mass is 422 g/mol. The average Bonchev–Trinajstić information content (AvgIpc) is 2.03. The lowest BCUT2D eigenvalue weighted by atomic mass is 10.2. The summed E-state index contributed by atoms with van der Waals surface area (Å²) in [7, 11) is -2.47. The van der Waals surface area contributed by atoms with Crippen molar-refractivity contribution in [2.24, 2.45) is 0 Å². The highest BCUT2D eigenvalue weighted by atomic mass is 127. The van der Waals surface area contributed by atoms with Crippen LogP contribution in [0, 0.1) is 6.92 Å². The van der Waals surface area contributed by atoms with Crippen LogP contribution >= 0.6 is 45.2 Å². The van der Waals surface area contributed by atoms with Crippen molar-refractivity contribution >= 4 is 55.9 Å². The minimum absolute atomic E-state index is 0.193. The van der Waals surface area contributed by atoms with Crippen molar-refractivity contribution < 1.29 is 8.42 Å². The summed E-state index contributed by atoms with van der Waals surface area (Å²) in [6.45, 7) is 1.96. The smallest absolute Gasteiger partial charge is 0.168 e. The predicted molar refractivity (Wildman–Crippen MR) is 70.5 cm³/mol. The van der Waals surface area contributed by atoms with Crippen LogP contribution in [0.3, 0.4) is 0 Å². The van der Waals surface area contributed by atoms with E-state index in [4.69, 9.17) is 0 Å². The molecule has 0 spiro atoms. The van der Waals surface area contributed by atoms with Gasteiger partial charge >= 0.3 is 0 Å². The molecule has 0 unspecified atom stereocenters. The van der Waals surface area contributed by atoms with Crippen molar-refractivity contribution in [3.8, 4) is 0 Å². The standard InChI is InChI=1S/C8H8I2O2S/c1-5-2-3-7(13(11)12)6(4-5)8(9)10/h2-4,8,13H,1H3. The molecule has 0 N–H and O–H groups in total. The summed E-state index contributed by atoms with van der Waals surface area (Å²) < 4.78 is 21.9. The van der Waals surface area contributed by atoms with E-state index in [0.717, 1.165) is 11.1 Å². The van der Waals surface area contributed by atoms with Gasteiger partial charge in [0.1, 0.15) is 0 Å². The lowest BCUT2D eigenvalue weighted by Gasteiger charge is -2.06. The summed E-state index contributed by atoms with van der Waals surface area (Å²) in [6.07, 6.45) is 0. The van der Waals surface area contributed by atoms with E-state index in [2.05, 4.69) is 45.2 Å². The zero-order valence-electron chi connectivity index (χ0n) is 6.83. The third kappa shape index (κ3) is 3.05. The molecule has 0 saturated carbocycles. The molecule has 0 aliphatic heterocycles. The first kappa shape index (κ1) is 11.7. The van der Waals surface area contributed by atoms with E-state index in [1.807, 2.05) is 19.1 Å². The van der Waals surface area contributed by atoms with Crippen molar-refractivity contribution in [2.75, 3.05) is 0 Å². The molecular weight excluding hydrogens is 414 g/mol. The van der Waals surface area contributed by atoms with Crippen LogP contribution in [0.4, 0.5) is 0 Å². The minimum atomic E-state index is -2.47. The van der Waals surface area contributed by atoms with Gasteiger partial charge in [-0.1, -0.05) is 62.9 Å². The highest BCUT2D eigenvalue weighted by molar-refractivity contribution is 14.2. The van der Waals surface area contributed by atoms with Gasteiger partial charge in [0, 0.05) is 0 Å². The number of hydrogen-bond acceptors (Lipinski definition) is 2. The molecule has 5 heteroatoms. The van der Waals surface area contributed by atoms with Crippen LogP contribution in [-0.2, 0) is 10.7 Å². The molecule has 1 rings (SSSR count). The van der Waals surface area contributed by atoms with Crippen molar-refractivity contribution in [1.29, 1.82) is 0 Å². The largest absolute Gasteiger partial charge is 0.227 e. The van der Waals surface area contributed by atoms with Crippen LogP contribution in [-0.4, -0.2) is 8.42 Å². The molecule has 1 aromatic carbocycles. The Morgan fingerprint density at radius 2 is 1.92 bits per heavy atom. The van der Waals surface area contributed by atoms with Gasteiger partial charge in [-0.15, -0.1) is 0 Å². The maximum Gasteiger partial charge on any atom is 0.168 e. The van der Waals surface area contributed by atoms with Crippen LogP contribution < -0.4 is 0 Å². The van der Waals surface area contributed by atoms with Gasteiger partial charge in [-0.25, -0.2) is 8.42 Å². The molecule has 13 heavy (non-hydrogen) atoms. The average molecular weight is 422 g/mol. The number of aryl methyl sites for hydroxylation is 1. The molecule has 0 aliphatic carbocycles. The molecule has 2 nitrogen and oxygen atoms in total. The molecular formula is C8H8I2O2S. The van der Waals surface area contributed by atoms with Crippen LogP contribution in [0.15, 0.2) is 23.1 Å². The van der Waals surface area contributed by atoms with Crippen molar-refractivity contribution in [1.82, 2.24) is 0 Å². The maximum absolute atomic E-state index is 10.9. The Kier molecular flexibility index (Phi) is 4.43. The quantitative estimate of drug-likeness (QED) is 0.452. The van der Waals surface area contributed by atoms with Gasteiger partial charge in [0.2, 0.25) is 0 Å². The molecule has 0 saturated heterocycles. The Balaban J connectivity index is 3.35. The van der Waals surface area contributed by atoms with Crippen LogP contribution in [0.25, 0.3) is 0 Å². The molecule has 72 valence electrons. The Morgan fingerprint density at radius 3 is 2.38 bits per heavy atom. The maximum atomic E-state index is 10.9. The number of hydrogen-bond donors (Lipinski definition) is 1. The van der Waals surface area contributed by atoms with E-state index in [1.165, 1.54) is 0 Å². The fraction of sp³-hybridized carbons (Fsp3) is 0.250. The van der Waals surface area contributed by atoms with Gasteiger partial charge in [0.25, 0.3) is 0 Å². The van der Waals surface area contributed by atoms with Gasteiger partial charge in [-0.2, -0.15) is 0 Å². The highest BCUT2D eigenvalue weighted by Gasteiger charge is 2.10. The van der Waals surface area contributed by atoms with Crippen LogP contribution in [0.5, 0.6) is 0 Å². The van der Waals surface area contributed by atoms with Crippen LogP contribution in [0.2, 0.25) is 0 Å². The summed E-state index contributed by atoms with van der Waals surface area (Å²) in [5.74, 6) is 0. The number of halogens is 2. The first-order valence-corrected chi connectivity index (χ1v) is 7.22. The molecule has 0 amide bonds. The van der Waals surface area contributed by atoms with E-state index in [0.29, 0.717) is 4.90 Å². The minimum Gasteiger partial charge on any atom is -0.227 e. The molecule has 0 radical (unpaired) electrons. The summed E-state index contributed by atoms with van der Waals surface area (Å²) in [5.41, 5.74) is 1.98. The van der Waals surface area contributed by atoms with Gasteiger partial charge in [0.15, 0.2) is 10.7 Å². The van der Waals surface area contributed by atoms with Crippen molar-refractivity contribution in [3.63, 3.8) is 0 Å². The number of rotatable bonds is 2. The fourth-order valence-electron chi connectivity index (χ4n) is 1.01. The van der Waals surface area contributed by atoms with Gasteiger partial charge in [-0.3, -0.25) is 0 Å². The fourth-order valence-corrected chi connectivity index (χ4v) is 3.14. The molecule has 0 heterocycles. The number of benzene rings is 1.